The van der Waals surface area contributed by atoms with Crippen LogP contribution in [0.2, 0.25) is 0 Å². The first-order chi connectivity index (χ1) is 17.6. The van der Waals surface area contributed by atoms with Gasteiger partial charge in [-0.2, -0.15) is 5.10 Å². The maximum Gasteiger partial charge on any atom is 0.277 e. The van der Waals surface area contributed by atoms with Gasteiger partial charge in [0.25, 0.3) is 5.91 Å². The van der Waals surface area contributed by atoms with Crippen LogP contribution in [0.4, 0.5) is 0 Å². The summed E-state index contributed by atoms with van der Waals surface area (Å²) in [6.45, 7) is 2.09. The molecule has 0 radical (unpaired) electrons. The first-order valence-electron chi connectivity index (χ1n) is 11.3. The summed E-state index contributed by atoms with van der Waals surface area (Å²) in [7, 11) is 1.60. The number of nitrogens with one attached hydrogen (secondary N) is 1. The van der Waals surface area contributed by atoms with Crippen LogP contribution in [0.15, 0.2) is 84.0 Å². The van der Waals surface area contributed by atoms with Crippen LogP contribution >= 0.6 is 0 Å². The van der Waals surface area contributed by atoms with Gasteiger partial charge in [0.1, 0.15) is 11.5 Å². The standard InChI is InChI=1S/C28H28N2O6/c1-3-34-26-6-4-5-7-27(26)36-20-28(32)30-29-18-22-11-16-25(17-12-22)35-19-23(31)13-8-21-9-14-24(33-2)15-10-21/h4-18H,3,19-20H2,1-2H3,(H,30,32)/b13-8+,29-18+. The minimum atomic E-state index is -0.404. The predicted molar refractivity (Wildman–Crippen MR) is 138 cm³/mol. The van der Waals surface area contributed by atoms with E-state index in [1.165, 1.54) is 12.3 Å². The number of ketones is 1. The SMILES string of the molecule is CCOc1ccccc1OCC(=O)N/N=C/c1ccc(OCC(=O)/C=C/c2ccc(OC)cc2)cc1. The van der Waals surface area contributed by atoms with Gasteiger partial charge in [-0.15, -0.1) is 0 Å². The van der Waals surface area contributed by atoms with Crippen molar-refractivity contribution in [2.45, 2.75) is 6.92 Å². The van der Waals surface area contributed by atoms with Gasteiger partial charge in [0.05, 0.1) is 19.9 Å². The van der Waals surface area contributed by atoms with Crippen molar-refractivity contribution in [1.82, 2.24) is 5.43 Å². The van der Waals surface area contributed by atoms with Crippen LogP contribution in [0.25, 0.3) is 6.08 Å². The number of hydrazone groups is 1. The van der Waals surface area contributed by atoms with E-state index < -0.39 is 5.91 Å². The van der Waals surface area contributed by atoms with Crippen molar-refractivity contribution < 1.29 is 28.5 Å². The molecule has 0 saturated carbocycles. The molecule has 0 spiro atoms. The van der Waals surface area contributed by atoms with Gasteiger partial charge in [-0.05, 0) is 72.7 Å². The molecule has 0 aliphatic rings. The molecule has 186 valence electrons. The lowest BCUT2D eigenvalue weighted by molar-refractivity contribution is -0.123. The molecule has 0 aliphatic carbocycles. The Balaban J connectivity index is 1.39. The van der Waals surface area contributed by atoms with E-state index in [0.29, 0.717) is 23.9 Å². The van der Waals surface area contributed by atoms with E-state index in [2.05, 4.69) is 10.5 Å². The lowest BCUT2D eigenvalue weighted by atomic mass is 10.2. The third-order valence-electron chi connectivity index (χ3n) is 4.75. The topological polar surface area (TPSA) is 95.5 Å². The zero-order chi connectivity index (χ0) is 25.6. The molecule has 0 heterocycles. The van der Waals surface area contributed by atoms with Gasteiger partial charge in [-0.1, -0.05) is 30.3 Å². The summed E-state index contributed by atoms with van der Waals surface area (Å²) in [6.07, 6.45) is 4.70. The van der Waals surface area contributed by atoms with Gasteiger partial charge in [-0.3, -0.25) is 9.59 Å². The molecular weight excluding hydrogens is 460 g/mol. The van der Waals surface area contributed by atoms with E-state index in [4.69, 9.17) is 18.9 Å². The summed E-state index contributed by atoms with van der Waals surface area (Å²) < 4.78 is 21.6. The van der Waals surface area contributed by atoms with Gasteiger partial charge in [0.15, 0.2) is 30.5 Å². The average molecular weight is 489 g/mol. The Morgan fingerprint density at radius 2 is 1.44 bits per heavy atom. The molecule has 1 amide bonds. The number of amides is 1. The minimum Gasteiger partial charge on any atom is -0.497 e. The van der Waals surface area contributed by atoms with E-state index in [9.17, 15) is 9.59 Å². The average Bonchev–Trinajstić information content (AvgIpc) is 2.91. The molecule has 1 N–H and O–H groups in total. The monoisotopic (exact) mass is 488 g/mol. The number of nitrogens with zero attached hydrogens (tertiary/aromatic N) is 1. The Kier molecular flexibility index (Phi) is 10.1. The second kappa shape index (κ2) is 14.0. The first kappa shape index (κ1) is 26.0. The fourth-order valence-corrected chi connectivity index (χ4v) is 2.96. The lowest BCUT2D eigenvalue weighted by Crippen LogP contribution is -2.24. The van der Waals surface area contributed by atoms with Crippen molar-refractivity contribution >= 4 is 24.0 Å². The van der Waals surface area contributed by atoms with Crippen LogP contribution in [0.5, 0.6) is 23.0 Å². The van der Waals surface area contributed by atoms with Gasteiger partial charge in [0, 0.05) is 0 Å². The zero-order valence-electron chi connectivity index (χ0n) is 20.2. The highest BCUT2D eigenvalue weighted by Crippen LogP contribution is 2.26. The third-order valence-corrected chi connectivity index (χ3v) is 4.75. The molecule has 3 aromatic carbocycles. The molecule has 0 aliphatic heterocycles. The summed E-state index contributed by atoms with van der Waals surface area (Å²) in [5.41, 5.74) is 4.05. The fraction of sp³-hybridized carbons (Fsp3) is 0.179. The summed E-state index contributed by atoms with van der Waals surface area (Å²) in [5.74, 6) is 1.80. The first-order valence-corrected chi connectivity index (χ1v) is 11.3. The van der Waals surface area contributed by atoms with Gasteiger partial charge in [0.2, 0.25) is 0 Å². The highest BCUT2D eigenvalue weighted by molar-refractivity contribution is 5.94. The molecule has 0 aromatic heterocycles. The zero-order valence-corrected chi connectivity index (χ0v) is 20.2. The highest BCUT2D eigenvalue weighted by Gasteiger charge is 2.06. The molecule has 0 bridgehead atoms. The van der Waals surface area contributed by atoms with Gasteiger partial charge >= 0.3 is 0 Å². The quantitative estimate of drug-likeness (QED) is 0.219. The number of hydrogen-bond donors (Lipinski definition) is 1. The van der Waals surface area contributed by atoms with E-state index >= 15 is 0 Å². The molecule has 0 saturated heterocycles. The third kappa shape index (κ3) is 8.64. The summed E-state index contributed by atoms with van der Waals surface area (Å²) in [5, 5.41) is 3.93. The second-order valence-corrected chi connectivity index (χ2v) is 7.39. The lowest BCUT2D eigenvalue weighted by Gasteiger charge is -2.10. The Bertz CT molecular complexity index is 1190. The molecule has 3 aromatic rings. The fourth-order valence-electron chi connectivity index (χ4n) is 2.96. The number of rotatable bonds is 13. The van der Waals surface area contributed by atoms with Crippen LogP contribution in [-0.2, 0) is 9.59 Å². The molecule has 0 fully saturated rings. The van der Waals surface area contributed by atoms with Crippen LogP contribution in [0, 0.1) is 0 Å². The maximum absolute atomic E-state index is 12.1. The summed E-state index contributed by atoms with van der Waals surface area (Å²) >= 11 is 0. The van der Waals surface area contributed by atoms with Crippen LogP contribution in [0.3, 0.4) is 0 Å². The second-order valence-electron chi connectivity index (χ2n) is 7.39. The highest BCUT2D eigenvalue weighted by atomic mass is 16.5. The summed E-state index contributed by atoms with van der Waals surface area (Å²) in [4.78, 5) is 24.1. The Morgan fingerprint density at radius 3 is 2.11 bits per heavy atom. The number of hydrogen-bond acceptors (Lipinski definition) is 7. The molecule has 0 atom stereocenters. The largest absolute Gasteiger partial charge is 0.497 e. The van der Waals surface area contributed by atoms with Crippen LogP contribution < -0.4 is 24.4 Å². The number of carbonyl (C=O) groups excluding carboxylic acids is 2. The van der Waals surface area contributed by atoms with E-state index in [1.54, 1.807) is 55.7 Å². The predicted octanol–water partition coefficient (Wildman–Crippen LogP) is 4.28. The number of benzene rings is 3. The molecule has 36 heavy (non-hydrogen) atoms. The normalized spacial score (nSPS) is 10.8. The van der Waals surface area contributed by atoms with Crippen molar-refractivity contribution in [3.8, 4) is 23.0 Å². The minimum absolute atomic E-state index is 0.0808. The van der Waals surface area contributed by atoms with E-state index in [0.717, 1.165) is 16.9 Å². The van der Waals surface area contributed by atoms with Crippen LogP contribution in [-0.4, -0.2) is 44.8 Å². The smallest absolute Gasteiger partial charge is 0.277 e. The van der Waals surface area contributed by atoms with E-state index in [1.807, 2.05) is 37.3 Å². The number of methoxy groups -OCH3 is 1. The van der Waals surface area contributed by atoms with Crippen molar-refractivity contribution in [3.05, 3.63) is 90.0 Å². The van der Waals surface area contributed by atoms with Gasteiger partial charge < -0.3 is 18.9 Å². The molecule has 3 rings (SSSR count). The van der Waals surface area contributed by atoms with Crippen molar-refractivity contribution in [1.29, 1.82) is 0 Å². The molecule has 8 nitrogen and oxygen atoms in total. The summed E-state index contributed by atoms with van der Waals surface area (Å²) in [6, 6.07) is 21.5. The van der Waals surface area contributed by atoms with E-state index in [-0.39, 0.29) is 19.0 Å². The molecular formula is C28H28N2O6. The molecule has 8 heteroatoms. The van der Waals surface area contributed by atoms with Crippen molar-refractivity contribution in [2.75, 3.05) is 26.9 Å². The number of ether oxygens (including phenoxy) is 4. The van der Waals surface area contributed by atoms with Crippen LogP contribution in [0.1, 0.15) is 18.1 Å². The molecule has 0 unspecified atom stereocenters. The maximum atomic E-state index is 12.1. The van der Waals surface area contributed by atoms with Crippen molar-refractivity contribution in [3.63, 3.8) is 0 Å². The Hall–Kier alpha value is -4.59. The number of para-hydroxylation sites is 2. The Morgan fingerprint density at radius 1 is 0.806 bits per heavy atom. The number of carbonyl (C=O) groups is 2. The van der Waals surface area contributed by atoms with Crippen molar-refractivity contribution in [2.24, 2.45) is 5.10 Å². The van der Waals surface area contributed by atoms with Gasteiger partial charge in [-0.25, -0.2) is 5.43 Å². The Labute approximate surface area is 210 Å².